The number of ether oxygens (including phenoxy) is 1. The average molecular weight is 333 g/mol. The third kappa shape index (κ3) is 4.47. The van der Waals surface area contributed by atoms with E-state index < -0.39 is 5.97 Å². The molecule has 0 aliphatic rings. The van der Waals surface area contributed by atoms with Crippen molar-refractivity contribution in [3.63, 3.8) is 0 Å². The van der Waals surface area contributed by atoms with Crippen LogP contribution in [0.4, 0.5) is 11.4 Å². The lowest BCUT2D eigenvalue weighted by atomic mass is 10.1. The zero-order valence-electron chi connectivity index (χ0n) is 12.9. The fourth-order valence-corrected chi connectivity index (χ4v) is 2.30. The summed E-state index contributed by atoms with van der Waals surface area (Å²) in [5.41, 5.74) is 2.50. The summed E-state index contributed by atoms with van der Waals surface area (Å²) in [4.78, 5) is 23.7. The van der Waals surface area contributed by atoms with Crippen molar-refractivity contribution in [3.8, 4) is 0 Å². The van der Waals surface area contributed by atoms with Crippen molar-refractivity contribution in [1.29, 1.82) is 0 Å². The molecule has 0 saturated heterocycles. The maximum atomic E-state index is 12.1. The van der Waals surface area contributed by atoms with Crippen LogP contribution in [0.1, 0.15) is 15.9 Å². The van der Waals surface area contributed by atoms with E-state index in [-0.39, 0.29) is 12.5 Å². The van der Waals surface area contributed by atoms with Crippen molar-refractivity contribution in [3.05, 3.63) is 58.6 Å². The van der Waals surface area contributed by atoms with Gasteiger partial charge < -0.3 is 15.4 Å². The number of anilines is 2. The number of hydrogen-bond acceptors (Lipinski definition) is 4. The Balaban J connectivity index is 2.01. The molecule has 0 aliphatic heterocycles. The van der Waals surface area contributed by atoms with E-state index >= 15 is 0 Å². The van der Waals surface area contributed by atoms with E-state index in [1.807, 2.05) is 19.1 Å². The Hall–Kier alpha value is -2.53. The highest BCUT2D eigenvalue weighted by molar-refractivity contribution is 6.30. The molecule has 0 heterocycles. The van der Waals surface area contributed by atoms with Gasteiger partial charge in [-0.3, -0.25) is 4.79 Å². The summed E-state index contributed by atoms with van der Waals surface area (Å²) < 4.78 is 4.70. The first-order chi connectivity index (χ1) is 11.0. The molecule has 1 amide bonds. The van der Waals surface area contributed by atoms with Crippen LogP contribution in [-0.2, 0) is 9.53 Å². The van der Waals surface area contributed by atoms with Crippen LogP contribution in [0.15, 0.2) is 42.5 Å². The molecule has 0 bridgehead atoms. The molecule has 0 fully saturated rings. The quantitative estimate of drug-likeness (QED) is 0.822. The first-order valence-electron chi connectivity index (χ1n) is 6.98. The van der Waals surface area contributed by atoms with Crippen molar-refractivity contribution in [2.75, 3.05) is 24.3 Å². The van der Waals surface area contributed by atoms with Crippen molar-refractivity contribution in [2.24, 2.45) is 0 Å². The molecule has 5 nitrogen and oxygen atoms in total. The largest absolute Gasteiger partial charge is 0.465 e. The van der Waals surface area contributed by atoms with Crippen molar-refractivity contribution in [2.45, 2.75) is 6.92 Å². The van der Waals surface area contributed by atoms with Crippen LogP contribution in [0.3, 0.4) is 0 Å². The Morgan fingerprint density at radius 1 is 1.13 bits per heavy atom. The van der Waals surface area contributed by atoms with Gasteiger partial charge in [0.25, 0.3) is 0 Å². The van der Waals surface area contributed by atoms with E-state index in [9.17, 15) is 9.59 Å². The smallest absolute Gasteiger partial charge is 0.339 e. The minimum absolute atomic E-state index is 0.0674. The second-order valence-corrected chi connectivity index (χ2v) is 5.33. The number of benzene rings is 2. The Bertz CT molecular complexity index is 732. The number of rotatable bonds is 5. The molecule has 0 atom stereocenters. The van der Waals surface area contributed by atoms with Crippen LogP contribution in [-0.4, -0.2) is 25.5 Å². The fraction of sp³-hybridized carbons (Fsp3) is 0.176. The van der Waals surface area contributed by atoms with E-state index in [2.05, 4.69) is 10.6 Å². The van der Waals surface area contributed by atoms with E-state index in [0.717, 1.165) is 11.3 Å². The number of esters is 1. The van der Waals surface area contributed by atoms with Gasteiger partial charge in [0, 0.05) is 10.7 Å². The van der Waals surface area contributed by atoms with Crippen LogP contribution in [0.25, 0.3) is 0 Å². The summed E-state index contributed by atoms with van der Waals surface area (Å²) in [5, 5.41) is 6.38. The third-order valence-electron chi connectivity index (χ3n) is 3.23. The summed E-state index contributed by atoms with van der Waals surface area (Å²) in [6, 6.07) is 12.1. The highest BCUT2D eigenvalue weighted by atomic mass is 35.5. The van der Waals surface area contributed by atoms with Crippen molar-refractivity contribution < 1.29 is 14.3 Å². The molecule has 0 unspecified atom stereocenters. The minimum atomic E-state index is -0.498. The molecule has 2 rings (SSSR count). The summed E-state index contributed by atoms with van der Waals surface area (Å²) in [6.07, 6.45) is 0. The molecule has 2 aromatic carbocycles. The van der Waals surface area contributed by atoms with Gasteiger partial charge >= 0.3 is 5.97 Å². The Labute approximate surface area is 139 Å². The first-order valence-corrected chi connectivity index (χ1v) is 7.36. The van der Waals surface area contributed by atoms with Crippen LogP contribution in [0.5, 0.6) is 0 Å². The molecule has 0 aromatic heterocycles. The molecule has 6 heteroatoms. The van der Waals surface area contributed by atoms with E-state index in [4.69, 9.17) is 16.3 Å². The second kappa shape index (κ2) is 7.65. The highest BCUT2D eigenvalue weighted by Crippen LogP contribution is 2.20. The van der Waals surface area contributed by atoms with Gasteiger partial charge in [-0.05, 0) is 42.8 Å². The van der Waals surface area contributed by atoms with E-state index in [1.165, 1.54) is 7.11 Å². The van der Waals surface area contributed by atoms with Crippen LogP contribution in [0.2, 0.25) is 5.02 Å². The molecule has 2 N–H and O–H groups in total. The van der Waals surface area contributed by atoms with Crippen molar-refractivity contribution >= 4 is 34.9 Å². The van der Waals surface area contributed by atoms with Gasteiger partial charge in [0.05, 0.1) is 24.9 Å². The van der Waals surface area contributed by atoms with E-state index in [0.29, 0.717) is 16.3 Å². The number of aryl methyl sites for hydroxylation is 1. The number of methoxy groups -OCH3 is 1. The number of carbonyl (C=O) groups is 2. The van der Waals surface area contributed by atoms with Gasteiger partial charge in [-0.15, -0.1) is 0 Å². The van der Waals surface area contributed by atoms with E-state index in [1.54, 1.807) is 30.3 Å². The average Bonchev–Trinajstić information content (AvgIpc) is 2.54. The standard InChI is InChI=1S/C17H17ClN2O3/c1-11-9-12(18)7-8-14(11)19-10-16(21)20-15-6-4-3-5-13(15)17(22)23-2/h3-9,19H,10H2,1-2H3,(H,20,21). The fourth-order valence-electron chi connectivity index (χ4n) is 2.08. The molecule has 0 aliphatic carbocycles. The van der Waals surface area contributed by atoms with Crippen LogP contribution < -0.4 is 10.6 Å². The lowest BCUT2D eigenvalue weighted by molar-refractivity contribution is -0.114. The Morgan fingerprint density at radius 2 is 1.87 bits per heavy atom. The number of nitrogens with one attached hydrogen (secondary N) is 2. The van der Waals surface area contributed by atoms with Gasteiger partial charge in [0.2, 0.25) is 5.91 Å². The lowest BCUT2D eigenvalue weighted by Crippen LogP contribution is -2.23. The Kier molecular flexibility index (Phi) is 5.60. The summed E-state index contributed by atoms with van der Waals surface area (Å²) >= 11 is 5.90. The first kappa shape index (κ1) is 16.8. The van der Waals surface area contributed by atoms with Gasteiger partial charge in [-0.2, -0.15) is 0 Å². The zero-order chi connectivity index (χ0) is 16.8. The predicted octanol–water partition coefficient (Wildman–Crippen LogP) is 3.49. The monoisotopic (exact) mass is 332 g/mol. The van der Waals surface area contributed by atoms with Gasteiger partial charge in [0.15, 0.2) is 0 Å². The lowest BCUT2D eigenvalue weighted by Gasteiger charge is -2.12. The molecular weight excluding hydrogens is 316 g/mol. The van der Waals surface area contributed by atoms with Crippen LogP contribution in [0, 0.1) is 6.92 Å². The predicted molar refractivity (Wildman–Crippen MR) is 91.1 cm³/mol. The maximum absolute atomic E-state index is 12.1. The number of amides is 1. The second-order valence-electron chi connectivity index (χ2n) is 4.90. The number of halogens is 1. The molecule has 23 heavy (non-hydrogen) atoms. The molecular formula is C17H17ClN2O3. The minimum Gasteiger partial charge on any atom is -0.465 e. The normalized spacial score (nSPS) is 10.0. The topological polar surface area (TPSA) is 67.4 Å². The highest BCUT2D eigenvalue weighted by Gasteiger charge is 2.13. The molecule has 0 radical (unpaired) electrons. The van der Waals surface area contributed by atoms with Crippen molar-refractivity contribution in [1.82, 2.24) is 0 Å². The number of carbonyl (C=O) groups excluding carboxylic acids is 2. The molecule has 0 saturated carbocycles. The molecule has 2 aromatic rings. The SMILES string of the molecule is COC(=O)c1ccccc1NC(=O)CNc1ccc(Cl)cc1C. The Morgan fingerprint density at radius 3 is 2.57 bits per heavy atom. The van der Waals surface area contributed by atoms with Crippen LogP contribution >= 0.6 is 11.6 Å². The number of hydrogen-bond donors (Lipinski definition) is 2. The van der Waals surface area contributed by atoms with Gasteiger partial charge in [-0.1, -0.05) is 23.7 Å². The van der Waals surface area contributed by atoms with Gasteiger partial charge in [0.1, 0.15) is 0 Å². The summed E-state index contributed by atoms with van der Waals surface area (Å²) in [5.74, 6) is -0.766. The number of para-hydroxylation sites is 1. The maximum Gasteiger partial charge on any atom is 0.339 e. The van der Waals surface area contributed by atoms with Gasteiger partial charge in [-0.25, -0.2) is 4.79 Å². The zero-order valence-corrected chi connectivity index (χ0v) is 13.6. The third-order valence-corrected chi connectivity index (χ3v) is 3.47. The summed E-state index contributed by atoms with van der Waals surface area (Å²) in [6.45, 7) is 1.97. The molecule has 0 spiro atoms. The molecule has 120 valence electrons. The summed E-state index contributed by atoms with van der Waals surface area (Å²) in [7, 11) is 1.30.